The number of aryl methyl sites for hydroxylation is 1. The second kappa shape index (κ2) is 8.75. The average molecular weight is 321 g/mol. The van der Waals surface area contributed by atoms with Gasteiger partial charge in [-0.05, 0) is 54.9 Å². The van der Waals surface area contributed by atoms with Gasteiger partial charge in [-0.15, -0.1) is 5.10 Å². The third kappa shape index (κ3) is 5.65. The number of rotatable bonds is 9. The van der Waals surface area contributed by atoms with Crippen molar-refractivity contribution in [3.8, 4) is 5.75 Å². The van der Waals surface area contributed by atoms with Gasteiger partial charge >= 0.3 is 0 Å². The number of benzene rings is 1. The van der Waals surface area contributed by atoms with Crippen LogP contribution in [0.2, 0.25) is 0 Å². The molecule has 0 aliphatic rings. The van der Waals surface area contributed by atoms with Crippen LogP contribution in [0.25, 0.3) is 0 Å². The molecule has 1 N–H and O–H groups in total. The minimum absolute atomic E-state index is 0.214. The van der Waals surface area contributed by atoms with Crippen molar-refractivity contribution in [2.45, 2.75) is 38.1 Å². The van der Waals surface area contributed by atoms with Crippen LogP contribution in [0.4, 0.5) is 0 Å². The van der Waals surface area contributed by atoms with E-state index in [0.29, 0.717) is 0 Å². The summed E-state index contributed by atoms with van der Waals surface area (Å²) in [6.45, 7) is 5.91. The summed E-state index contributed by atoms with van der Waals surface area (Å²) < 4.78 is 7.32. The van der Waals surface area contributed by atoms with Crippen molar-refractivity contribution < 1.29 is 4.74 Å². The lowest BCUT2D eigenvalue weighted by atomic mass is 10.2. The predicted molar refractivity (Wildman–Crippen MR) is 88.1 cm³/mol. The Bertz CT molecular complexity index is 555. The zero-order chi connectivity index (χ0) is 15.8. The number of hydrogen-bond acceptors (Lipinski definition) is 6. The molecule has 0 aliphatic carbocycles. The molecular formula is C15H23N5OS. The first kappa shape index (κ1) is 16.8. The fraction of sp³-hybridized carbons (Fsp3) is 0.533. The van der Waals surface area contributed by atoms with Crippen LogP contribution in [0.15, 0.2) is 29.4 Å². The molecular weight excluding hydrogens is 298 g/mol. The first-order chi connectivity index (χ1) is 10.6. The highest BCUT2D eigenvalue weighted by molar-refractivity contribution is 7.99. The smallest absolute Gasteiger partial charge is 0.209 e. The highest BCUT2D eigenvalue weighted by Crippen LogP contribution is 2.14. The van der Waals surface area contributed by atoms with Crippen molar-refractivity contribution in [3.05, 3.63) is 29.8 Å². The summed E-state index contributed by atoms with van der Waals surface area (Å²) in [6, 6.07) is 8.25. The van der Waals surface area contributed by atoms with E-state index in [1.807, 2.05) is 33.0 Å². The van der Waals surface area contributed by atoms with E-state index >= 15 is 0 Å². The maximum Gasteiger partial charge on any atom is 0.209 e. The molecule has 2 aromatic rings. The Morgan fingerprint density at radius 3 is 2.68 bits per heavy atom. The van der Waals surface area contributed by atoms with E-state index < -0.39 is 0 Å². The highest BCUT2D eigenvalue weighted by Gasteiger charge is 2.02. The van der Waals surface area contributed by atoms with E-state index in [-0.39, 0.29) is 6.10 Å². The molecule has 1 aromatic carbocycles. The normalized spacial score (nSPS) is 11.1. The van der Waals surface area contributed by atoms with Gasteiger partial charge < -0.3 is 10.1 Å². The zero-order valence-electron chi connectivity index (χ0n) is 13.3. The summed E-state index contributed by atoms with van der Waals surface area (Å²) in [5, 5.41) is 15.7. The van der Waals surface area contributed by atoms with Gasteiger partial charge in [-0.25, -0.2) is 4.68 Å². The summed E-state index contributed by atoms with van der Waals surface area (Å²) in [6.07, 6.45) is 1.29. The van der Waals surface area contributed by atoms with Gasteiger partial charge in [-0.1, -0.05) is 23.9 Å². The first-order valence-electron chi connectivity index (χ1n) is 7.46. The number of ether oxygens (including phenoxy) is 1. The van der Waals surface area contributed by atoms with Gasteiger partial charge in [0.05, 0.1) is 6.10 Å². The molecule has 0 saturated carbocycles. The van der Waals surface area contributed by atoms with Gasteiger partial charge in [0.2, 0.25) is 5.16 Å². The number of nitrogens with zero attached hydrogens (tertiary/aromatic N) is 4. The maximum atomic E-state index is 5.63. The molecule has 0 spiro atoms. The summed E-state index contributed by atoms with van der Waals surface area (Å²) >= 11 is 1.68. The van der Waals surface area contributed by atoms with Crippen LogP contribution in [-0.4, -0.2) is 38.6 Å². The molecule has 0 fully saturated rings. The summed E-state index contributed by atoms with van der Waals surface area (Å²) in [4.78, 5) is 0. The standard InChI is InChI=1S/C15H23N5OS/c1-12(2)21-14-7-5-13(6-8-14)11-16-9-4-10-22-15-17-18-19-20(15)3/h5-8,12,16H,4,9-11H2,1-3H3. The topological polar surface area (TPSA) is 64.9 Å². The number of thioether (sulfide) groups is 1. The molecule has 0 saturated heterocycles. The lowest BCUT2D eigenvalue weighted by Crippen LogP contribution is -2.15. The van der Waals surface area contributed by atoms with Crippen molar-refractivity contribution in [2.75, 3.05) is 12.3 Å². The Hall–Kier alpha value is -1.60. The Morgan fingerprint density at radius 1 is 1.27 bits per heavy atom. The van der Waals surface area contributed by atoms with E-state index in [1.54, 1.807) is 16.4 Å². The van der Waals surface area contributed by atoms with E-state index in [2.05, 4.69) is 33.0 Å². The Morgan fingerprint density at radius 2 is 2.05 bits per heavy atom. The first-order valence-corrected chi connectivity index (χ1v) is 8.45. The molecule has 0 aliphatic heterocycles. The second-order valence-corrected chi connectivity index (χ2v) is 6.34. The molecule has 120 valence electrons. The molecule has 22 heavy (non-hydrogen) atoms. The quantitative estimate of drug-likeness (QED) is 0.564. The minimum Gasteiger partial charge on any atom is -0.491 e. The Labute approximate surface area is 135 Å². The summed E-state index contributed by atoms with van der Waals surface area (Å²) in [7, 11) is 1.85. The predicted octanol–water partition coefficient (Wildman–Crippen LogP) is 2.27. The molecule has 0 amide bonds. The molecule has 6 nitrogen and oxygen atoms in total. The Kier molecular flexibility index (Phi) is 6.67. The average Bonchev–Trinajstić information content (AvgIpc) is 2.89. The van der Waals surface area contributed by atoms with Crippen LogP contribution in [0.1, 0.15) is 25.8 Å². The van der Waals surface area contributed by atoms with Gasteiger partial charge in [-0.2, -0.15) is 0 Å². The van der Waals surface area contributed by atoms with Gasteiger partial charge in [0, 0.05) is 19.3 Å². The fourth-order valence-electron chi connectivity index (χ4n) is 1.89. The number of hydrogen-bond donors (Lipinski definition) is 1. The Balaban J connectivity index is 1.59. The van der Waals surface area contributed by atoms with Crippen LogP contribution in [-0.2, 0) is 13.6 Å². The van der Waals surface area contributed by atoms with Crippen molar-refractivity contribution in [1.82, 2.24) is 25.5 Å². The zero-order valence-corrected chi connectivity index (χ0v) is 14.1. The van der Waals surface area contributed by atoms with Gasteiger partial charge in [0.1, 0.15) is 5.75 Å². The van der Waals surface area contributed by atoms with Crippen LogP contribution in [0.5, 0.6) is 5.75 Å². The van der Waals surface area contributed by atoms with Crippen molar-refractivity contribution >= 4 is 11.8 Å². The molecule has 2 rings (SSSR count). The number of nitrogens with one attached hydrogen (secondary N) is 1. The molecule has 0 atom stereocenters. The molecule has 0 bridgehead atoms. The lowest BCUT2D eigenvalue weighted by molar-refractivity contribution is 0.242. The fourth-order valence-corrected chi connectivity index (χ4v) is 2.68. The third-order valence-electron chi connectivity index (χ3n) is 2.93. The molecule has 0 unspecified atom stereocenters. The van der Waals surface area contributed by atoms with Crippen LogP contribution in [0.3, 0.4) is 0 Å². The third-order valence-corrected chi connectivity index (χ3v) is 4.03. The minimum atomic E-state index is 0.214. The van der Waals surface area contributed by atoms with E-state index in [1.165, 1.54) is 5.56 Å². The highest BCUT2D eigenvalue weighted by atomic mass is 32.2. The molecule has 7 heteroatoms. The van der Waals surface area contributed by atoms with E-state index in [0.717, 1.165) is 36.2 Å². The molecule has 0 radical (unpaired) electrons. The second-order valence-electron chi connectivity index (χ2n) is 5.27. The number of aromatic nitrogens is 4. The molecule has 1 heterocycles. The van der Waals surface area contributed by atoms with Gasteiger partial charge in [0.25, 0.3) is 0 Å². The largest absolute Gasteiger partial charge is 0.491 e. The SMILES string of the molecule is CC(C)Oc1ccc(CNCCCSc2nnnn2C)cc1. The van der Waals surface area contributed by atoms with Crippen molar-refractivity contribution in [1.29, 1.82) is 0 Å². The van der Waals surface area contributed by atoms with Crippen LogP contribution < -0.4 is 10.1 Å². The van der Waals surface area contributed by atoms with Crippen molar-refractivity contribution in [3.63, 3.8) is 0 Å². The molecule has 1 aromatic heterocycles. The van der Waals surface area contributed by atoms with Gasteiger partial charge in [0.15, 0.2) is 0 Å². The van der Waals surface area contributed by atoms with Crippen molar-refractivity contribution in [2.24, 2.45) is 7.05 Å². The van der Waals surface area contributed by atoms with Crippen LogP contribution >= 0.6 is 11.8 Å². The summed E-state index contributed by atoms with van der Waals surface area (Å²) in [5.41, 5.74) is 1.27. The van der Waals surface area contributed by atoms with E-state index in [4.69, 9.17) is 4.74 Å². The van der Waals surface area contributed by atoms with Crippen LogP contribution in [0, 0.1) is 0 Å². The lowest BCUT2D eigenvalue weighted by Gasteiger charge is -2.10. The van der Waals surface area contributed by atoms with Gasteiger partial charge in [-0.3, -0.25) is 0 Å². The number of tetrazole rings is 1. The summed E-state index contributed by atoms with van der Waals surface area (Å²) in [5.74, 6) is 1.93. The van der Waals surface area contributed by atoms with E-state index in [9.17, 15) is 0 Å². The monoisotopic (exact) mass is 321 g/mol. The maximum absolute atomic E-state index is 5.63.